The Morgan fingerprint density at radius 3 is 2.69 bits per heavy atom. The van der Waals surface area contributed by atoms with Gasteiger partial charge in [-0.15, -0.1) is 0 Å². The fourth-order valence-corrected chi connectivity index (χ4v) is 3.93. The first kappa shape index (κ1) is 9.85. The fourth-order valence-electron chi connectivity index (χ4n) is 2.46. The van der Waals surface area contributed by atoms with Crippen molar-refractivity contribution in [3.05, 3.63) is 0 Å². The monoisotopic (exact) mass is 199 g/mol. The van der Waals surface area contributed by atoms with Crippen molar-refractivity contribution in [2.45, 2.75) is 56.2 Å². The van der Waals surface area contributed by atoms with Gasteiger partial charge in [0.25, 0.3) is 0 Å². The van der Waals surface area contributed by atoms with Gasteiger partial charge in [0.05, 0.1) is 0 Å². The summed E-state index contributed by atoms with van der Waals surface area (Å²) in [5.41, 5.74) is 0. The first-order chi connectivity index (χ1) is 6.47. The summed E-state index contributed by atoms with van der Waals surface area (Å²) in [6.07, 6.45) is 10.1. The smallest absolute Gasteiger partial charge is 0.0201 e. The normalized spacial score (nSPS) is 36.9. The molecule has 0 aromatic heterocycles. The lowest BCUT2D eigenvalue weighted by atomic mass is 10.0. The van der Waals surface area contributed by atoms with Crippen LogP contribution in [0.3, 0.4) is 0 Å². The van der Waals surface area contributed by atoms with Crippen molar-refractivity contribution in [1.29, 1.82) is 0 Å². The fraction of sp³-hybridized carbons (Fsp3) is 1.00. The minimum absolute atomic E-state index is 0.841. The zero-order valence-electron chi connectivity index (χ0n) is 8.43. The number of thioether (sulfide) groups is 1. The average Bonchev–Trinajstić information content (AvgIpc) is 2.47. The quantitative estimate of drug-likeness (QED) is 0.697. The Morgan fingerprint density at radius 2 is 1.85 bits per heavy atom. The van der Waals surface area contributed by atoms with E-state index in [-0.39, 0.29) is 0 Å². The van der Waals surface area contributed by atoms with E-state index < -0.39 is 0 Å². The van der Waals surface area contributed by atoms with Gasteiger partial charge < -0.3 is 5.32 Å². The molecule has 1 nitrogen and oxygen atoms in total. The van der Waals surface area contributed by atoms with Gasteiger partial charge in [0.15, 0.2) is 0 Å². The Bertz CT molecular complexity index is 135. The molecule has 0 aliphatic carbocycles. The minimum atomic E-state index is 0.841. The van der Waals surface area contributed by atoms with Gasteiger partial charge >= 0.3 is 0 Å². The van der Waals surface area contributed by atoms with E-state index in [4.69, 9.17) is 0 Å². The van der Waals surface area contributed by atoms with Crippen LogP contribution < -0.4 is 5.32 Å². The molecule has 2 unspecified atom stereocenters. The highest BCUT2D eigenvalue weighted by Crippen LogP contribution is 2.30. The molecule has 0 amide bonds. The highest BCUT2D eigenvalue weighted by molar-refractivity contribution is 8.00. The number of rotatable bonds is 1. The van der Waals surface area contributed by atoms with Gasteiger partial charge in [0.1, 0.15) is 0 Å². The van der Waals surface area contributed by atoms with E-state index >= 15 is 0 Å². The van der Waals surface area contributed by atoms with E-state index in [9.17, 15) is 0 Å². The zero-order valence-corrected chi connectivity index (χ0v) is 9.24. The van der Waals surface area contributed by atoms with E-state index in [1.165, 1.54) is 57.2 Å². The van der Waals surface area contributed by atoms with Gasteiger partial charge in [0, 0.05) is 11.3 Å². The third-order valence-corrected chi connectivity index (χ3v) is 4.78. The molecule has 0 radical (unpaired) electrons. The van der Waals surface area contributed by atoms with Crippen molar-refractivity contribution in [3.63, 3.8) is 0 Å². The molecule has 2 saturated heterocycles. The highest BCUT2D eigenvalue weighted by atomic mass is 32.2. The van der Waals surface area contributed by atoms with Crippen molar-refractivity contribution in [3.8, 4) is 0 Å². The molecule has 2 fully saturated rings. The van der Waals surface area contributed by atoms with Crippen LogP contribution in [0.2, 0.25) is 0 Å². The molecule has 0 saturated carbocycles. The summed E-state index contributed by atoms with van der Waals surface area (Å²) in [5, 5.41) is 4.67. The van der Waals surface area contributed by atoms with Crippen LogP contribution in [0.5, 0.6) is 0 Å². The summed E-state index contributed by atoms with van der Waals surface area (Å²) in [6.45, 7) is 1.27. The summed E-state index contributed by atoms with van der Waals surface area (Å²) in [6, 6.07) is 0.841. The molecule has 0 spiro atoms. The van der Waals surface area contributed by atoms with Crippen LogP contribution in [0, 0.1) is 0 Å². The molecule has 1 N–H and O–H groups in total. The molecule has 76 valence electrons. The Balaban J connectivity index is 1.82. The third-order valence-electron chi connectivity index (χ3n) is 3.26. The third kappa shape index (κ3) is 2.88. The van der Waals surface area contributed by atoms with Crippen LogP contribution in [0.4, 0.5) is 0 Å². The maximum atomic E-state index is 3.73. The Labute approximate surface area is 86.0 Å². The zero-order chi connectivity index (χ0) is 8.93. The van der Waals surface area contributed by atoms with Gasteiger partial charge in [0.2, 0.25) is 0 Å². The second kappa shape index (κ2) is 5.26. The van der Waals surface area contributed by atoms with Crippen LogP contribution in [0.25, 0.3) is 0 Å². The van der Waals surface area contributed by atoms with E-state index in [1.807, 2.05) is 0 Å². The van der Waals surface area contributed by atoms with Crippen LogP contribution in [0.15, 0.2) is 0 Å². The Kier molecular flexibility index (Phi) is 3.98. The number of hydrogen-bond acceptors (Lipinski definition) is 2. The predicted molar refractivity (Wildman–Crippen MR) is 60.4 cm³/mol. The molecular formula is C11H21NS. The molecule has 13 heavy (non-hydrogen) atoms. The van der Waals surface area contributed by atoms with Gasteiger partial charge in [-0.1, -0.05) is 19.3 Å². The maximum absolute atomic E-state index is 3.73. The number of nitrogens with one attached hydrogen (secondary N) is 1. The van der Waals surface area contributed by atoms with Crippen molar-refractivity contribution < 1.29 is 0 Å². The lowest BCUT2D eigenvalue weighted by Crippen LogP contribution is -2.38. The van der Waals surface area contributed by atoms with Crippen LogP contribution in [-0.4, -0.2) is 23.6 Å². The van der Waals surface area contributed by atoms with Gasteiger partial charge in [-0.3, -0.25) is 0 Å². The molecule has 2 atom stereocenters. The second-order valence-corrected chi connectivity index (χ2v) is 5.66. The summed E-state index contributed by atoms with van der Waals surface area (Å²) in [7, 11) is 0. The van der Waals surface area contributed by atoms with Crippen molar-refractivity contribution in [2.24, 2.45) is 0 Å². The van der Waals surface area contributed by atoms with Crippen LogP contribution in [-0.2, 0) is 0 Å². The predicted octanol–water partition coefficient (Wildman–Crippen LogP) is 2.80. The van der Waals surface area contributed by atoms with E-state index in [0.29, 0.717) is 0 Å². The summed E-state index contributed by atoms with van der Waals surface area (Å²) < 4.78 is 0. The number of hydrogen-bond donors (Lipinski definition) is 1. The van der Waals surface area contributed by atoms with E-state index in [2.05, 4.69) is 17.1 Å². The minimum Gasteiger partial charge on any atom is -0.313 e. The molecule has 0 aromatic carbocycles. The molecule has 0 bridgehead atoms. The van der Waals surface area contributed by atoms with E-state index in [0.717, 1.165) is 11.3 Å². The van der Waals surface area contributed by atoms with Gasteiger partial charge in [-0.05, 0) is 38.0 Å². The van der Waals surface area contributed by atoms with Crippen molar-refractivity contribution in [1.82, 2.24) is 5.32 Å². The van der Waals surface area contributed by atoms with Crippen LogP contribution in [0.1, 0.15) is 44.9 Å². The molecule has 2 heteroatoms. The molecule has 2 aliphatic rings. The standard InChI is InChI=1S/C11H21NS/c1-2-6-10(12-8-4-1)11-7-3-5-9-13-11/h10-12H,1-9H2. The van der Waals surface area contributed by atoms with Gasteiger partial charge in [-0.2, -0.15) is 11.8 Å². The summed E-state index contributed by atoms with van der Waals surface area (Å²) in [4.78, 5) is 0. The maximum Gasteiger partial charge on any atom is 0.0201 e. The molecule has 2 heterocycles. The molecule has 2 aliphatic heterocycles. The highest BCUT2D eigenvalue weighted by Gasteiger charge is 2.24. The molecular weight excluding hydrogens is 178 g/mol. The first-order valence-corrected chi connectivity index (χ1v) is 6.87. The van der Waals surface area contributed by atoms with Gasteiger partial charge in [-0.25, -0.2) is 0 Å². The Hall–Kier alpha value is 0.310. The lowest BCUT2D eigenvalue weighted by molar-refractivity contribution is 0.461. The van der Waals surface area contributed by atoms with Crippen molar-refractivity contribution in [2.75, 3.05) is 12.3 Å². The SMILES string of the molecule is C1CCNC(C2CCCCS2)CC1. The van der Waals surface area contributed by atoms with Crippen LogP contribution >= 0.6 is 11.8 Å². The first-order valence-electron chi connectivity index (χ1n) is 5.82. The Morgan fingerprint density at radius 1 is 0.923 bits per heavy atom. The molecule has 2 rings (SSSR count). The van der Waals surface area contributed by atoms with E-state index in [1.54, 1.807) is 0 Å². The molecule has 0 aromatic rings. The second-order valence-electron chi connectivity index (χ2n) is 4.31. The lowest BCUT2D eigenvalue weighted by Gasteiger charge is -2.29. The largest absolute Gasteiger partial charge is 0.313 e. The topological polar surface area (TPSA) is 12.0 Å². The average molecular weight is 199 g/mol. The summed E-state index contributed by atoms with van der Waals surface area (Å²) >= 11 is 2.22. The van der Waals surface area contributed by atoms with Crippen molar-refractivity contribution >= 4 is 11.8 Å². The summed E-state index contributed by atoms with van der Waals surface area (Å²) in [5.74, 6) is 1.41.